The monoisotopic (exact) mass is 490 g/mol. The zero-order valence-electron chi connectivity index (χ0n) is 18.8. The maximum absolute atomic E-state index is 12.3. The summed E-state index contributed by atoms with van der Waals surface area (Å²) in [6, 6.07) is -3.88. The number of hydrogen-bond acceptors (Lipinski definition) is 8. The first kappa shape index (κ1) is 30.3. The Hall–Kier alpha value is -2.67. The number of rotatable bonds is 17. The van der Waals surface area contributed by atoms with E-state index in [1.165, 1.54) is 0 Å². The minimum atomic E-state index is -1.50. The van der Waals surface area contributed by atoms with Crippen molar-refractivity contribution in [3.05, 3.63) is 0 Å². The van der Waals surface area contributed by atoms with Crippen molar-refractivity contribution in [2.45, 2.75) is 70.5 Å². The van der Waals surface area contributed by atoms with E-state index in [-0.39, 0.29) is 42.6 Å². The standard InChI is InChI=1S/C20H34N4O8S/c1-11(2)15(25)6-7-16(26)22-8-4-3-5-12(21)18(29)23-13(9-17(27)28)19(30)24-14(10-33)20(31)32/h11-14,33H,3-10,21H2,1-2H3,(H,22,26)(H,23,29)(H,24,30)(H,27,28)(H,31,32). The molecule has 12 nitrogen and oxygen atoms in total. The Bertz CT molecular complexity index is 716. The Morgan fingerprint density at radius 3 is 2.03 bits per heavy atom. The van der Waals surface area contributed by atoms with Crippen molar-refractivity contribution >= 4 is 48.1 Å². The first-order chi connectivity index (χ1) is 15.4. The van der Waals surface area contributed by atoms with Gasteiger partial charge in [-0.25, -0.2) is 4.79 Å². The van der Waals surface area contributed by atoms with Crippen molar-refractivity contribution < 1.29 is 39.0 Å². The second kappa shape index (κ2) is 16.0. The first-order valence-corrected chi connectivity index (χ1v) is 11.2. The van der Waals surface area contributed by atoms with Gasteiger partial charge in [0.25, 0.3) is 0 Å². The van der Waals surface area contributed by atoms with Gasteiger partial charge in [-0.15, -0.1) is 0 Å². The molecule has 3 amide bonds. The summed E-state index contributed by atoms with van der Waals surface area (Å²) in [5.74, 6) is -5.02. The van der Waals surface area contributed by atoms with E-state index >= 15 is 0 Å². The van der Waals surface area contributed by atoms with Gasteiger partial charge in [-0.1, -0.05) is 13.8 Å². The zero-order chi connectivity index (χ0) is 25.6. The van der Waals surface area contributed by atoms with Gasteiger partial charge in [-0.3, -0.25) is 24.0 Å². The molecule has 0 spiro atoms. The third-order valence-corrected chi connectivity index (χ3v) is 5.02. The Labute approximate surface area is 197 Å². The minimum absolute atomic E-state index is 0.0149. The van der Waals surface area contributed by atoms with Crippen LogP contribution in [0.4, 0.5) is 0 Å². The molecule has 0 rings (SSSR count). The number of hydrogen-bond donors (Lipinski definition) is 7. The summed E-state index contributed by atoms with van der Waals surface area (Å²) in [5, 5.41) is 25.0. The van der Waals surface area contributed by atoms with Crippen LogP contribution in [0.5, 0.6) is 0 Å². The number of Topliss-reactive ketones (excluding diaryl/α,β-unsaturated/α-hetero) is 1. The molecule has 3 unspecified atom stereocenters. The number of nitrogens with two attached hydrogens (primary N) is 1. The quantitative estimate of drug-likeness (QED) is 0.0991. The van der Waals surface area contributed by atoms with E-state index in [2.05, 4.69) is 28.6 Å². The van der Waals surface area contributed by atoms with Crippen LogP contribution < -0.4 is 21.7 Å². The topological polar surface area (TPSA) is 205 Å². The lowest BCUT2D eigenvalue weighted by atomic mass is 10.0. The summed E-state index contributed by atoms with van der Waals surface area (Å²) in [6.07, 6.45) is 0.739. The lowest BCUT2D eigenvalue weighted by Crippen LogP contribution is -2.55. The van der Waals surface area contributed by atoms with Crippen LogP contribution in [0.15, 0.2) is 0 Å². The van der Waals surface area contributed by atoms with E-state index in [1.807, 2.05) is 0 Å². The van der Waals surface area contributed by atoms with Crippen molar-refractivity contribution in [2.24, 2.45) is 11.7 Å². The van der Waals surface area contributed by atoms with Crippen LogP contribution in [0.3, 0.4) is 0 Å². The van der Waals surface area contributed by atoms with Gasteiger partial charge in [-0.05, 0) is 19.3 Å². The molecule has 13 heteroatoms. The van der Waals surface area contributed by atoms with E-state index in [0.29, 0.717) is 19.4 Å². The highest BCUT2D eigenvalue weighted by molar-refractivity contribution is 7.80. The number of aliphatic carboxylic acids is 2. The molecule has 0 aromatic rings. The predicted octanol–water partition coefficient (Wildman–Crippen LogP) is -0.936. The highest BCUT2D eigenvalue weighted by Gasteiger charge is 2.29. The summed E-state index contributed by atoms with van der Waals surface area (Å²) >= 11 is 3.81. The van der Waals surface area contributed by atoms with E-state index in [0.717, 1.165) is 0 Å². The Morgan fingerprint density at radius 1 is 0.909 bits per heavy atom. The summed E-state index contributed by atoms with van der Waals surface area (Å²) in [7, 11) is 0. The molecule has 0 radical (unpaired) electrons. The molecule has 33 heavy (non-hydrogen) atoms. The van der Waals surface area contributed by atoms with Crippen molar-refractivity contribution in [2.75, 3.05) is 12.3 Å². The molecule has 0 aliphatic carbocycles. The fraction of sp³-hybridized carbons (Fsp3) is 0.700. The summed E-state index contributed by atoms with van der Waals surface area (Å²) in [6.45, 7) is 3.88. The van der Waals surface area contributed by atoms with Crippen LogP contribution >= 0.6 is 12.6 Å². The van der Waals surface area contributed by atoms with Gasteiger partial charge in [0.1, 0.15) is 17.9 Å². The molecule has 7 N–H and O–H groups in total. The van der Waals surface area contributed by atoms with Gasteiger partial charge < -0.3 is 31.9 Å². The number of nitrogens with one attached hydrogen (secondary N) is 3. The summed E-state index contributed by atoms with van der Waals surface area (Å²) in [4.78, 5) is 69.8. The molecule has 0 heterocycles. The second-order valence-corrected chi connectivity index (χ2v) is 8.18. The molecule has 0 saturated carbocycles. The normalized spacial score (nSPS) is 13.5. The van der Waals surface area contributed by atoms with E-state index in [4.69, 9.17) is 15.9 Å². The molecule has 0 fully saturated rings. The van der Waals surface area contributed by atoms with Crippen LogP contribution in [0.25, 0.3) is 0 Å². The Kier molecular flexibility index (Phi) is 14.7. The van der Waals surface area contributed by atoms with Gasteiger partial charge in [0.05, 0.1) is 12.5 Å². The van der Waals surface area contributed by atoms with Crippen LogP contribution in [-0.4, -0.2) is 76.1 Å². The number of carboxylic acid groups (broad SMARTS) is 2. The number of ketones is 1. The average Bonchev–Trinajstić information content (AvgIpc) is 2.73. The number of carbonyl (C=O) groups excluding carboxylic acids is 4. The van der Waals surface area contributed by atoms with Crippen LogP contribution in [0, 0.1) is 5.92 Å². The lowest BCUT2D eigenvalue weighted by molar-refractivity contribution is -0.143. The van der Waals surface area contributed by atoms with Gasteiger partial charge in [0.15, 0.2) is 0 Å². The van der Waals surface area contributed by atoms with Gasteiger partial charge in [-0.2, -0.15) is 12.6 Å². The predicted molar refractivity (Wildman–Crippen MR) is 122 cm³/mol. The van der Waals surface area contributed by atoms with E-state index in [1.54, 1.807) is 13.8 Å². The van der Waals surface area contributed by atoms with Crippen molar-refractivity contribution in [3.63, 3.8) is 0 Å². The summed E-state index contributed by atoms with van der Waals surface area (Å²) in [5.41, 5.74) is 5.80. The molecule has 3 atom stereocenters. The van der Waals surface area contributed by atoms with Gasteiger partial charge in [0.2, 0.25) is 17.7 Å². The lowest BCUT2D eigenvalue weighted by Gasteiger charge is -2.21. The highest BCUT2D eigenvalue weighted by atomic mass is 32.1. The SMILES string of the molecule is CC(C)C(=O)CCC(=O)NCCCCC(N)C(=O)NC(CC(=O)O)C(=O)NC(CS)C(=O)O. The molecule has 0 aromatic carbocycles. The van der Waals surface area contributed by atoms with Gasteiger partial charge >= 0.3 is 11.9 Å². The molecule has 0 aliphatic rings. The largest absolute Gasteiger partial charge is 0.481 e. The number of unbranched alkanes of at least 4 members (excludes halogenated alkanes) is 1. The number of carbonyl (C=O) groups is 6. The van der Waals surface area contributed by atoms with Crippen molar-refractivity contribution in [1.29, 1.82) is 0 Å². The van der Waals surface area contributed by atoms with Gasteiger partial charge in [0, 0.05) is 31.1 Å². The van der Waals surface area contributed by atoms with Crippen molar-refractivity contribution in [1.82, 2.24) is 16.0 Å². The van der Waals surface area contributed by atoms with E-state index < -0.39 is 48.3 Å². The molecule has 0 saturated heterocycles. The molecule has 0 aliphatic heterocycles. The minimum Gasteiger partial charge on any atom is -0.481 e. The maximum atomic E-state index is 12.3. The first-order valence-electron chi connectivity index (χ1n) is 10.6. The zero-order valence-corrected chi connectivity index (χ0v) is 19.7. The number of carboxylic acids is 2. The van der Waals surface area contributed by atoms with Crippen LogP contribution in [0.2, 0.25) is 0 Å². The fourth-order valence-electron chi connectivity index (χ4n) is 2.58. The van der Waals surface area contributed by atoms with E-state index in [9.17, 15) is 28.8 Å². The number of thiol groups is 1. The third-order valence-electron chi connectivity index (χ3n) is 4.65. The third kappa shape index (κ3) is 13.5. The number of amides is 3. The maximum Gasteiger partial charge on any atom is 0.327 e. The van der Waals surface area contributed by atoms with Crippen molar-refractivity contribution in [3.8, 4) is 0 Å². The Balaban J connectivity index is 4.46. The second-order valence-electron chi connectivity index (χ2n) is 7.81. The fourth-order valence-corrected chi connectivity index (χ4v) is 2.83. The molecular weight excluding hydrogens is 456 g/mol. The molecular formula is C20H34N4O8S. The molecule has 0 aromatic heterocycles. The summed E-state index contributed by atoms with van der Waals surface area (Å²) < 4.78 is 0. The smallest absolute Gasteiger partial charge is 0.327 e. The molecule has 188 valence electrons. The van der Waals surface area contributed by atoms with Crippen LogP contribution in [-0.2, 0) is 28.8 Å². The average molecular weight is 491 g/mol. The highest BCUT2D eigenvalue weighted by Crippen LogP contribution is 2.04. The Morgan fingerprint density at radius 2 is 1.52 bits per heavy atom. The molecule has 0 bridgehead atoms. The van der Waals surface area contributed by atoms with Crippen LogP contribution in [0.1, 0.15) is 52.4 Å².